The molecule has 66 valence electrons. The molecule has 0 saturated carbocycles. The summed E-state index contributed by atoms with van der Waals surface area (Å²) in [6.07, 6.45) is 2.71. The van der Waals surface area contributed by atoms with Gasteiger partial charge >= 0.3 is 5.69 Å². The van der Waals surface area contributed by atoms with Crippen LogP contribution in [0.5, 0.6) is 0 Å². The molecule has 1 aliphatic rings. The molecule has 1 fully saturated rings. The second kappa shape index (κ2) is 3.10. The lowest BCUT2D eigenvalue weighted by Gasteiger charge is -2.06. The Hall–Kier alpha value is -1.10. The molecule has 0 amide bonds. The molecule has 0 spiro atoms. The third-order valence-electron chi connectivity index (χ3n) is 2.24. The fraction of sp³-hybridized carbons (Fsp3) is 0.714. The second-order valence-corrected chi connectivity index (χ2v) is 3.17. The summed E-state index contributed by atoms with van der Waals surface area (Å²) in [6, 6.07) is 0. The molecule has 1 aliphatic heterocycles. The maximum absolute atomic E-state index is 11.0. The van der Waals surface area contributed by atoms with Crippen LogP contribution in [0.3, 0.4) is 0 Å². The van der Waals surface area contributed by atoms with Crippen LogP contribution in [0.25, 0.3) is 0 Å². The van der Waals surface area contributed by atoms with Gasteiger partial charge in [0.05, 0.1) is 0 Å². The van der Waals surface area contributed by atoms with E-state index in [1.807, 2.05) is 0 Å². The minimum absolute atomic E-state index is 0.109. The molecule has 1 unspecified atom stereocenters. The molecule has 1 aromatic heterocycles. The van der Waals surface area contributed by atoms with Gasteiger partial charge in [-0.3, -0.25) is 4.57 Å². The molecule has 5 nitrogen and oxygen atoms in total. The average molecular weight is 168 g/mol. The lowest BCUT2D eigenvalue weighted by atomic mass is 10.1. The fourth-order valence-electron chi connectivity index (χ4n) is 1.55. The van der Waals surface area contributed by atoms with Crippen LogP contribution >= 0.6 is 0 Å². The molecule has 1 atom stereocenters. The third kappa shape index (κ3) is 1.40. The SMILES string of the molecule is O=c1[nH]ncn1CC1CCNC1. The smallest absolute Gasteiger partial charge is 0.316 e. The van der Waals surface area contributed by atoms with Crippen molar-refractivity contribution in [2.75, 3.05) is 13.1 Å². The maximum Gasteiger partial charge on any atom is 0.343 e. The first-order chi connectivity index (χ1) is 5.86. The zero-order valence-corrected chi connectivity index (χ0v) is 6.79. The normalized spacial score (nSPS) is 23.2. The fourth-order valence-corrected chi connectivity index (χ4v) is 1.55. The molecule has 0 aromatic carbocycles. The van der Waals surface area contributed by atoms with Crippen LogP contribution in [0, 0.1) is 5.92 Å². The second-order valence-electron chi connectivity index (χ2n) is 3.17. The van der Waals surface area contributed by atoms with Crippen LogP contribution in [0.2, 0.25) is 0 Å². The van der Waals surface area contributed by atoms with Crippen LogP contribution < -0.4 is 11.0 Å². The van der Waals surface area contributed by atoms with Crippen molar-refractivity contribution < 1.29 is 0 Å². The molecule has 0 radical (unpaired) electrons. The molecule has 2 rings (SSSR count). The van der Waals surface area contributed by atoms with Crippen LogP contribution in [-0.2, 0) is 6.54 Å². The van der Waals surface area contributed by atoms with E-state index in [1.165, 1.54) is 0 Å². The van der Waals surface area contributed by atoms with Gasteiger partial charge in [-0.1, -0.05) is 0 Å². The van der Waals surface area contributed by atoms with Gasteiger partial charge in [-0.25, -0.2) is 9.89 Å². The summed E-state index contributed by atoms with van der Waals surface area (Å²) in [5.41, 5.74) is -0.109. The van der Waals surface area contributed by atoms with Gasteiger partial charge in [0.25, 0.3) is 0 Å². The van der Waals surface area contributed by atoms with Crippen molar-refractivity contribution in [2.24, 2.45) is 5.92 Å². The first-order valence-electron chi connectivity index (χ1n) is 4.17. The third-order valence-corrected chi connectivity index (χ3v) is 2.24. The topological polar surface area (TPSA) is 62.7 Å². The van der Waals surface area contributed by atoms with Gasteiger partial charge in [-0.2, -0.15) is 5.10 Å². The summed E-state index contributed by atoms with van der Waals surface area (Å²) in [4.78, 5) is 11.0. The zero-order chi connectivity index (χ0) is 8.39. The largest absolute Gasteiger partial charge is 0.343 e. The van der Waals surface area contributed by atoms with Gasteiger partial charge in [-0.15, -0.1) is 0 Å². The Morgan fingerprint density at radius 3 is 3.25 bits per heavy atom. The van der Waals surface area contributed by atoms with E-state index in [4.69, 9.17) is 0 Å². The molecule has 5 heteroatoms. The van der Waals surface area contributed by atoms with Gasteiger partial charge in [-0.05, 0) is 25.4 Å². The lowest BCUT2D eigenvalue weighted by molar-refractivity contribution is 0.472. The van der Waals surface area contributed by atoms with Crippen molar-refractivity contribution in [1.82, 2.24) is 20.1 Å². The van der Waals surface area contributed by atoms with Crippen molar-refractivity contribution in [2.45, 2.75) is 13.0 Å². The Labute approximate surface area is 69.8 Å². The highest BCUT2D eigenvalue weighted by atomic mass is 16.1. The monoisotopic (exact) mass is 168 g/mol. The number of rotatable bonds is 2. The predicted octanol–water partition coefficient (Wildman–Crippen LogP) is -0.819. The molecular formula is C7H12N4O. The number of nitrogens with zero attached hydrogens (tertiary/aromatic N) is 2. The maximum atomic E-state index is 11.0. The first-order valence-corrected chi connectivity index (χ1v) is 4.17. The number of hydrogen-bond donors (Lipinski definition) is 2. The average Bonchev–Trinajstić information content (AvgIpc) is 2.65. The molecule has 0 aliphatic carbocycles. The predicted molar refractivity (Wildman–Crippen MR) is 43.8 cm³/mol. The summed E-state index contributed by atoms with van der Waals surface area (Å²) in [6.45, 7) is 2.86. The van der Waals surface area contributed by atoms with E-state index in [0.717, 1.165) is 26.1 Å². The molecule has 12 heavy (non-hydrogen) atoms. The van der Waals surface area contributed by atoms with Crippen LogP contribution in [-0.4, -0.2) is 27.9 Å². The highest BCUT2D eigenvalue weighted by Gasteiger charge is 2.15. The molecule has 0 bridgehead atoms. The Morgan fingerprint density at radius 1 is 1.75 bits per heavy atom. The minimum Gasteiger partial charge on any atom is -0.316 e. The van der Waals surface area contributed by atoms with Crippen LogP contribution in [0.15, 0.2) is 11.1 Å². The molecule has 2 heterocycles. The van der Waals surface area contributed by atoms with Crippen molar-refractivity contribution in [3.63, 3.8) is 0 Å². The Kier molecular flexibility index (Phi) is 1.95. The highest BCUT2D eigenvalue weighted by Crippen LogP contribution is 2.08. The van der Waals surface area contributed by atoms with E-state index in [0.29, 0.717) is 5.92 Å². The summed E-state index contributed by atoms with van der Waals surface area (Å²) in [7, 11) is 0. The standard InChI is InChI=1S/C7H12N4O/c12-7-10-9-5-11(7)4-6-1-2-8-3-6/h5-6,8H,1-4H2,(H,10,12). The lowest BCUT2D eigenvalue weighted by Crippen LogP contribution is -2.22. The first kappa shape index (κ1) is 7.54. The van der Waals surface area contributed by atoms with Crippen molar-refractivity contribution >= 4 is 0 Å². The van der Waals surface area contributed by atoms with Crippen molar-refractivity contribution in [3.8, 4) is 0 Å². The van der Waals surface area contributed by atoms with Gasteiger partial charge in [0.1, 0.15) is 6.33 Å². The minimum atomic E-state index is -0.109. The van der Waals surface area contributed by atoms with Gasteiger partial charge in [0, 0.05) is 6.54 Å². The van der Waals surface area contributed by atoms with Gasteiger partial charge in [0.15, 0.2) is 0 Å². The van der Waals surface area contributed by atoms with E-state index >= 15 is 0 Å². The summed E-state index contributed by atoms with van der Waals surface area (Å²) in [5, 5.41) is 9.31. The number of H-pyrrole nitrogens is 1. The van der Waals surface area contributed by atoms with E-state index in [1.54, 1.807) is 10.9 Å². The number of nitrogens with one attached hydrogen (secondary N) is 2. The Morgan fingerprint density at radius 2 is 2.67 bits per heavy atom. The molecule has 1 saturated heterocycles. The van der Waals surface area contributed by atoms with Gasteiger partial charge < -0.3 is 5.32 Å². The van der Waals surface area contributed by atoms with Gasteiger partial charge in [0.2, 0.25) is 0 Å². The molecular weight excluding hydrogens is 156 g/mol. The Bertz CT molecular complexity index is 296. The molecule has 1 aromatic rings. The number of aromatic nitrogens is 3. The summed E-state index contributed by atoms with van der Waals surface area (Å²) in [5.74, 6) is 0.584. The zero-order valence-electron chi connectivity index (χ0n) is 6.79. The molecule has 2 N–H and O–H groups in total. The number of hydrogen-bond acceptors (Lipinski definition) is 3. The van der Waals surface area contributed by atoms with Crippen molar-refractivity contribution in [3.05, 3.63) is 16.8 Å². The quantitative estimate of drug-likeness (QED) is 0.606. The summed E-state index contributed by atoms with van der Waals surface area (Å²) < 4.78 is 1.62. The van der Waals surface area contributed by atoms with E-state index in [9.17, 15) is 4.79 Å². The van der Waals surface area contributed by atoms with Crippen LogP contribution in [0.4, 0.5) is 0 Å². The van der Waals surface area contributed by atoms with Crippen molar-refractivity contribution in [1.29, 1.82) is 0 Å². The Balaban J connectivity index is 2.03. The van der Waals surface area contributed by atoms with Crippen LogP contribution in [0.1, 0.15) is 6.42 Å². The van der Waals surface area contributed by atoms with E-state index < -0.39 is 0 Å². The van der Waals surface area contributed by atoms with E-state index in [2.05, 4.69) is 15.5 Å². The number of aromatic amines is 1. The van der Waals surface area contributed by atoms with E-state index in [-0.39, 0.29) is 5.69 Å². The highest BCUT2D eigenvalue weighted by molar-refractivity contribution is 4.74. The summed E-state index contributed by atoms with van der Waals surface area (Å²) >= 11 is 0.